The summed E-state index contributed by atoms with van der Waals surface area (Å²) in [5.41, 5.74) is -0.566. The van der Waals surface area contributed by atoms with Gasteiger partial charge in [-0.25, -0.2) is 0 Å². The quantitative estimate of drug-likeness (QED) is 0.688. The zero-order chi connectivity index (χ0) is 12.3. The predicted molar refractivity (Wildman–Crippen MR) is 55.3 cm³/mol. The van der Waals surface area contributed by atoms with Crippen molar-refractivity contribution < 1.29 is 18.1 Å². The Balaban J connectivity index is 2.93. The van der Waals surface area contributed by atoms with E-state index in [9.17, 15) is 23.3 Å². The van der Waals surface area contributed by atoms with Crippen molar-refractivity contribution in [1.29, 1.82) is 0 Å². The van der Waals surface area contributed by atoms with Crippen molar-refractivity contribution in [3.63, 3.8) is 0 Å². The van der Waals surface area contributed by atoms with Crippen molar-refractivity contribution in [2.45, 2.75) is 6.18 Å². The van der Waals surface area contributed by atoms with E-state index in [1.165, 1.54) is 12.1 Å². The molecule has 1 aromatic rings. The van der Waals surface area contributed by atoms with E-state index in [4.69, 9.17) is 0 Å². The minimum Gasteiger partial charge on any atom is -0.371 e. The van der Waals surface area contributed by atoms with Gasteiger partial charge in [0.1, 0.15) is 12.2 Å². The van der Waals surface area contributed by atoms with Crippen LogP contribution in [0.4, 0.5) is 24.5 Å². The molecule has 0 aliphatic carbocycles. The van der Waals surface area contributed by atoms with E-state index >= 15 is 0 Å². The van der Waals surface area contributed by atoms with Crippen LogP contribution in [0.2, 0.25) is 0 Å². The molecule has 16 heavy (non-hydrogen) atoms. The third-order valence-electron chi connectivity index (χ3n) is 1.63. The Kier molecular flexibility index (Phi) is 3.74. The molecule has 88 valence electrons. The number of nitrogens with zero attached hydrogens (tertiary/aromatic N) is 1. The normalized spacial score (nSPS) is 11.2. The summed E-state index contributed by atoms with van der Waals surface area (Å²) in [6, 6.07) is 3.74. The Morgan fingerprint density at radius 1 is 1.44 bits per heavy atom. The van der Waals surface area contributed by atoms with Crippen LogP contribution >= 0.6 is 15.9 Å². The first-order chi connectivity index (χ1) is 7.29. The van der Waals surface area contributed by atoms with Crippen LogP contribution in [0.25, 0.3) is 0 Å². The summed E-state index contributed by atoms with van der Waals surface area (Å²) in [4.78, 5) is 9.78. The number of nitrogens with one attached hydrogen (secondary N) is 1. The van der Waals surface area contributed by atoms with Crippen molar-refractivity contribution in [1.82, 2.24) is 0 Å². The molecular formula is C8H6BrF3N2O2. The van der Waals surface area contributed by atoms with E-state index in [1.54, 1.807) is 0 Å². The number of nitro benzene ring substituents is 1. The Labute approximate surface area is 96.7 Å². The SMILES string of the molecule is O=[N+]([O-])c1ccc(Br)cc1NCC(F)(F)F. The fraction of sp³-hybridized carbons (Fsp3) is 0.250. The highest BCUT2D eigenvalue weighted by Crippen LogP contribution is 2.28. The first kappa shape index (κ1) is 12.8. The van der Waals surface area contributed by atoms with Crippen molar-refractivity contribution >= 4 is 27.3 Å². The summed E-state index contributed by atoms with van der Waals surface area (Å²) in [6.07, 6.45) is -4.42. The standard InChI is InChI=1S/C8H6BrF3N2O2/c9-5-1-2-7(14(15)16)6(3-5)13-4-8(10,11)12/h1-3,13H,4H2. The molecule has 0 aliphatic rings. The van der Waals surface area contributed by atoms with Gasteiger partial charge in [0.15, 0.2) is 0 Å². The van der Waals surface area contributed by atoms with Crippen molar-refractivity contribution in [2.75, 3.05) is 11.9 Å². The van der Waals surface area contributed by atoms with Crippen LogP contribution in [-0.2, 0) is 0 Å². The zero-order valence-electron chi connectivity index (χ0n) is 7.71. The number of anilines is 1. The number of alkyl halides is 3. The lowest BCUT2D eigenvalue weighted by Crippen LogP contribution is -2.21. The minimum atomic E-state index is -4.42. The summed E-state index contributed by atoms with van der Waals surface area (Å²) in [5.74, 6) is 0. The van der Waals surface area contributed by atoms with Gasteiger partial charge in [-0.15, -0.1) is 0 Å². The summed E-state index contributed by atoms with van der Waals surface area (Å²) < 4.78 is 36.3. The summed E-state index contributed by atoms with van der Waals surface area (Å²) in [6.45, 7) is -1.32. The van der Waals surface area contributed by atoms with Gasteiger partial charge >= 0.3 is 6.18 Å². The van der Waals surface area contributed by atoms with E-state index < -0.39 is 23.3 Å². The highest BCUT2D eigenvalue weighted by molar-refractivity contribution is 9.10. The topological polar surface area (TPSA) is 55.2 Å². The molecule has 0 fully saturated rings. The lowest BCUT2D eigenvalue weighted by Gasteiger charge is -2.09. The number of hydrogen-bond acceptors (Lipinski definition) is 3. The second-order valence-corrected chi connectivity index (χ2v) is 3.80. The van der Waals surface area contributed by atoms with Crippen molar-refractivity contribution in [3.05, 3.63) is 32.8 Å². The molecule has 0 spiro atoms. The van der Waals surface area contributed by atoms with Crippen molar-refractivity contribution in [2.24, 2.45) is 0 Å². The average Bonchev–Trinajstić information content (AvgIpc) is 2.13. The lowest BCUT2D eigenvalue weighted by molar-refractivity contribution is -0.384. The maximum Gasteiger partial charge on any atom is 0.405 e. The molecule has 0 saturated carbocycles. The molecule has 1 aromatic carbocycles. The Bertz CT molecular complexity index is 409. The molecule has 0 aliphatic heterocycles. The van der Waals surface area contributed by atoms with Crippen LogP contribution in [-0.4, -0.2) is 17.6 Å². The molecule has 4 nitrogen and oxygen atoms in total. The Hall–Kier alpha value is -1.31. The van der Waals surface area contributed by atoms with Gasteiger partial charge in [0, 0.05) is 10.5 Å². The molecule has 1 N–H and O–H groups in total. The number of benzene rings is 1. The lowest BCUT2D eigenvalue weighted by atomic mass is 10.2. The van der Waals surface area contributed by atoms with E-state index in [2.05, 4.69) is 15.9 Å². The molecule has 0 radical (unpaired) electrons. The molecule has 0 atom stereocenters. The minimum absolute atomic E-state index is 0.170. The molecule has 0 bridgehead atoms. The summed E-state index contributed by atoms with van der Waals surface area (Å²) in [7, 11) is 0. The monoisotopic (exact) mass is 298 g/mol. The Morgan fingerprint density at radius 3 is 2.56 bits per heavy atom. The first-order valence-electron chi connectivity index (χ1n) is 4.04. The van der Waals surface area contributed by atoms with Gasteiger partial charge in [0.05, 0.1) is 4.92 Å². The average molecular weight is 299 g/mol. The van der Waals surface area contributed by atoms with Gasteiger partial charge in [0.2, 0.25) is 0 Å². The molecule has 0 aromatic heterocycles. The van der Waals surface area contributed by atoms with Crippen molar-refractivity contribution in [3.8, 4) is 0 Å². The number of nitro groups is 1. The second kappa shape index (κ2) is 4.69. The molecule has 0 heterocycles. The molecule has 0 unspecified atom stereocenters. The van der Waals surface area contributed by atoms with E-state index in [-0.39, 0.29) is 5.69 Å². The van der Waals surface area contributed by atoms with Crippen LogP contribution in [0.3, 0.4) is 0 Å². The highest BCUT2D eigenvalue weighted by atomic mass is 79.9. The molecule has 8 heteroatoms. The van der Waals surface area contributed by atoms with Gasteiger partial charge in [-0.3, -0.25) is 10.1 Å². The third kappa shape index (κ3) is 3.69. The smallest absolute Gasteiger partial charge is 0.371 e. The van der Waals surface area contributed by atoms with Gasteiger partial charge in [-0.2, -0.15) is 13.2 Å². The molecule has 0 saturated heterocycles. The number of halogens is 4. The van der Waals surface area contributed by atoms with Gasteiger partial charge in [-0.1, -0.05) is 15.9 Å². The van der Waals surface area contributed by atoms with Crippen LogP contribution in [0, 0.1) is 10.1 Å². The van der Waals surface area contributed by atoms with E-state index in [0.717, 1.165) is 6.07 Å². The third-order valence-corrected chi connectivity index (χ3v) is 2.13. The van der Waals surface area contributed by atoms with Crippen LogP contribution in [0.1, 0.15) is 0 Å². The number of hydrogen-bond donors (Lipinski definition) is 1. The summed E-state index contributed by atoms with van der Waals surface area (Å²) in [5, 5.41) is 12.5. The first-order valence-corrected chi connectivity index (χ1v) is 4.83. The largest absolute Gasteiger partial charge is 0.405 e. The summed E-state index contributed by atoms with van der Waals surface area (Å²) >= 11 is 3.02. The maximum absolute atomic E-state index is 11.9. The van der Waals surface area contributed by atoms with Gasteiger partial charge in [-0.05, 0) is 12.1 Å². The fourth-order valence-corrected chi connectivity index (χ4v) is 1.37. The highest BCUT2D eigenvalue weighted by Gasteiger charge is 2.28. The van der Waals surface area contributed by atoms with Gasteiger partial charge < -0.3 is 5.32 Å². The zero-order valence-corrected chi connectivity index (χ0v) is 9.30. The van der Waals surface area contributed by atoms with Crippen LogP contribution < -0.4 is 5.32 Å². The predicted octanol–water partition coefficient (Wildman–Crippen LogP) is 3.33. The van der Waals surface area contributed by atoms with Crippen LogP contribution in [0.5, 0.6) is 0 Å². The van der Waals surface area contributed by atoms with E-state index in [0.29, 0.717) is 4.47 Å². The molecular weight excluding hydrogens is 293 g/mol. The fourth-order valence-electron chi connectivity index (χ4n) is 1.00. The second-order valence-electron chi connectivity index (χ2n) is 2.89. The molecule has 0 amide bonds. The Morgan fingerprint density at radius 2 is 2.06 bits per heavy atom. The number of rotatable bonds is 3. The maximum atomic E-state index is 11.9. The van der Waals surface area contributed by atoms with E-state index in [1.807, 2.05) is 5.32 Å². The molecule has 1 rings (SSSR count). The van der Waals surface area contributed by atoms with Crippen LogP contribution in [0.15, 0.2) is 22.7 Å². The van der Waals surface area contributed by atoms with Gasteiger partial charge in [0.25, 0.3) is 5.69 Å².